The van der Waals surface area contributed by atoms with Crippen LogP contribution in [0.1, 0.15) is 77.0 Å². The molecule has 0 atom stereocenters. The summed E-state index contributed by atoms with van der Waals surface area (Å²) in [5.74, 6) is 0.304. The van der Waals surface area contributed by atoms with Gasteiger partial charge < -0.3 is 4.74 Å². The number of ether oxygens (including phenoxy) is 1. The number of carbonyl (C=O) groups is 1. The summed E-state index contributed by atoms with van der Waals surface area (Å²) in [6, 6.07) is 6.93. The second-order valence-corrected chi connectivity index (χ2v) is 9.52. The van der Waals surface area contributed by atoms with Gasteiger partial charge in [-0.3, -0.25) is 0 Å². The Hall–Kier alpha value is -2.23. The number of hydrogen-bond acceptors (Lipinski definition) is 3. The maximum atomic E-state index is 11.6. The number of hydrogen-bond donors (Lipinski definition) is 0. The summed E-state index contributed by atoms with van der Waals surface area (Å²) in [5, 5.41) is 0. The monoisotopic (exact) mass is 380 g/mol. The van der Waals surface area contributed by atoms with Gasteiger partial charge in [-0.05, 0) is 66.8 Å². The fourth-order valence-electron chi connectivity index (χ4n) is 4.34. The van der Waals surface area contributed by atoms with E-state index in [1.807, 2.05) is 0 Å². The number of benzene rings is 1. The molecule has 4 heteroatoms. The lowest BCUT2D eigenvalue weighted by atomic mass is 9.62. The first kappa shape index (κ1) is 20.5. The molecule has 3 rings (SSSR count). The molecule has 1 saturated carbocycles. The van der Waals surface area contributed by atoms with Gasteiger partial charge in [-0.2, -0.15) is 0 Å². The molecule has 0 heterocycles. The minimum absolute atomic E-state index is 0.164. The Morgan fingerprint density at radius 3 is 2.21 bits per heavy atom. The molecule has 4 nitrogen and oxygen atoms in total. The number of fused-ring (bicyclic) bond motifs is 1. The van der Waals surface area contributed by atoms with Gasteiger partial charge in [-0.1, -0.05) is 45.9 Å². The van der Waals surface area contributed by atoms with Crippen LogP contribution in [0.25, 0.3) is 0 Å². The summed E-state index contributed by atoms with van der Waals surface area (Å²) in [5.41, 5.74) is 4.78. The third kappa shape index (κ3) is 3.45. The van der Waals surface area contributed by atoms with Crippen LogP contribution in [0.4, 0.5) is 0 Å². The molecule has 150 valence electrons. The highest BCUT2D eigenvalue weighted by atomic mass is 16.5. The quantitative estimate of drug-likeness (QED) is 0.310. The maximum Gasteiger partial charge on any atom is 0.334 e. The summed E-state index contributed by atoms with van der Waals surface area (Å²) >= 11 is 0. The van der Waals surface area contributed by atoms with Crippen molar-refractivity contribution in [3.8, 4) is 0 Å². The van der Waals surface area contributed by atoms with Crippen molar-refractivity contribution in [3.05, 3.63) is 46.7 Å². The van der Waals surface area contributed by atoms with Crippen LogP contribution in [0.2, 0.25) is 0 Å². The average Bonchev–Trinajstić information content (AvgIpc) is 3.46. The van der Waals surface area contributed by atoms with Crippen LogP contribution in [-0.4, -0.2) is 25.6 Å². The molecule has 0 radical (unpaired) electrons. The lowest BCUT2D eigenvalue weighted by molar-refractivity contribution is -0.136. The van der Waals surface area contributed by atoms with Crippen molar-refractivity contribution in [2.24, 2.45) is 9.98 Å². The number of methoxy groups -OCH3 is 1. The molecule has 0 aromatic heterocycles. The van der Waals surface area contributed by atoms with Crippen LogP contribution in [0.5, 0.6) is 0 Å². The molecule has 1 aromatic carbocycles. The third-order valence-electron chi connectivity index (χ3n) is 6.62. The van der Waals surface area contributed by atoms with Gasteiger partial charge in [0.1, 0.15) is 5.84 Å². The van der Waals surface area contributed by atoms with E-state index in [1.54, 1.807) is 13.1 Å². The number of carbonyl (C=O) groups excluding carboxylic acids is 1. The van der Waals surface area contributed by atoms with E-state index in [-0.39, 0.29) is 22.2 Å². The summed E-state index contributed by atoms with van der Waals surface area (Å²) in [4.78, 5) is 20.4. The van der Waals surface area contributed by atoms with E-state index >= 15 is 0 Å². The molecule has 1 fully saturated rings. The summed E-state index contributed by atoms with van der Waals surface area (Å²) < 4.78 is 4.75. The number of esters is 1. The van der Waals surface area contributed by atoms with Gasteiger partial charge in [0, 0.05) is 6.20 Å². The standard InChI is InChI=1S/C24H32N2O2/c1-16(20(27)28-7)15-26-21(25-6)24(12-13-24)17-8-9-18-19(14-17)23(4,5)11-10-22(18,2)3/h8-9,14-15H,6,10-13H2,1-5,7H3/b16-15+,26-21-. The molecule has 0 amide bonds. The molecular weight excluding hydrogens is 348 g/mol. The molecule has 0 aliphatic heterocycles. The minimum atomic E-state index is -0.380. The maximum absolute atomic E-state index is 11.6. The highest BCUT2D eigenvalue weighted by molar-refractivity contribution is 5.99. The van der Waals surface area contributed by atoms with Crippen LogP contribution in [0.3, 0.4) is 0 Å². The van der Waals surface area contributed by atoms with Crippen molar-refractivity contribution in [2.45, 2.75) is 76.5 Å². The first-order chi connectivity index (χ1) is 13.1. The van der Waals surface area contributed by atoms with E-state index in [4.69, 9.17) is 4.74 Å². The normalized spacial score (nSPS) is 22.2. The van der Waals surface area contributed by atoms with E-state index in [0.29, 0.717) is 11.4 Å². The predicted octanol–water partition coefficient (Wildman–Crippen LogP) is 5.24. The van der Waals surface area contributed by atoms with Crippen molar-refractivity contribution in [3.63, 3.8) is 0 Å². The molecular formula is C24H32N2O2. The Morgan fingerprint density at radius 1 is 1.07 bits per heavy atom. The first-order valence-electron chi connectivity index (χ1n) is 10.0. The summed E-state index contributed by atoms with van der Waals surface area (Å²) in [6.45, 7) is 14.8. The topological polar surface area (TPSA) is 51.0 Å². The van der Waals surface area contributed by atoms with Crippen LogP contribution in [0.15, 0.2) is 40.0 Å². The Balaban J connectivity index is 2.04. The highest BCUT2D eigenvalue weighted by Crippen LogP contribution is 2.53. The smallest absolute Gasteiger partial charge is 0.334 e. The molecule has 0 N–H and O–H groups in total. The molecule has 0 unspecified atom stereocenters. The van der Waals surface area contributed by atoms with Crippen molar-refractivity contribution in [1.29, 1.82) is 0 Å². The van der Waals surface area contributed by atoms with Crippen LogP contribution >= 0.6 is 0 Å². The largest absolute Gasteiger partial charge is 0.466 e. The third-order valence-corrected chi connectivity index (χ3v) is 6.62. The zero-order valence-electron chi connectivity index (χ0n) is 18.1. The molecule has 2 aliphatic rings. The molecule has 2 aliphatic carbocycles. The summed E-state index contributed by atoms with van der Waals surface area (Å²) in [7, 11) is 1.37. The lowest BCUT2D eigenvalue weighted by Crippen LogP contribution is -2.34. The van der Waals surface area contributed by atoms with E-state index in [2.05, 4.69) is 62.6 Å². The molecule has 28 heavy (non-hydrogen) atoms. The fourth-order valence-corrected chi connectivity index (χ4v) is 4.34. The number of aliphatic imine (C=N–C) groups is 2. The molecule has 1 aromatic rings. The first-order valence-corrected chi connectivity index (χ1v) is 10.0. The number of rotatable bonds is 4. The van der Waals surface area contributed by atoms with Gasteiger partial charge in [-0.15, -0.1) is 0 Å². The van der Waals surface area contributed by atoms with Crippen molar-refractivity contribution in [1.82, 2.24) is 0 Å². The Labute approximate surface area is 168 Å². The van der Waals surface area contributed by atoms with E-state index in [9.17, 15) is 4.79 Å². The second-order valence-electron chi connectivity index (χ2n) is 9.52. The Kier molecular flexibility index (Phi) is 5.11. The van der Waals surface area contributed by atoms with Gasteiger partial charge >= 0.3 is 5.97 Å². The predicted molar refractivity (Wildman–Crippen MR) is 115 cm³/mol. The average molecular weight is 381 g/mol. The van der Waals surface area contributed by atoms with Gasteiger partial charge in [0.15, 0.2) is 0 Å². The van der Waals surface area contributed by atoms with Gasteiger partial charge in [-0.25, -0.2) is 14.8 Å². The highest BCUT2D eigenvalue weighted by Gasteiger charge is 2.50. The van der Waals surface area contributed by atoms with Gasteiger partial charge in [0.25, 0.3) is 0 Å². The van der Waals surface area contributed by atoms with Crippen molar-refractivity contribution in [2.75, 3.05) is 7.11 Å². The minimum Gasteiger partial charge on any atom is -0.466 e. The van der Waals surface area contributed by atoms with E-state index < -0.39 is 0 Å². The Morgan fingerprint density at radius 2 is 1.68 bits per heavy atom. The van der Waals surface area contributed by atoms with Crippen LogP contribution in [0, 0.1) is 0 Å². The van der Waals surface area contributed by atoms with Gasteiger partial charge in [0.2, 0.25) is 0 Å². The number of nitrogens with zero attached hydrogens (tertiary/aromatic N) is 2. The van der Waals surface area contributed by atoms with Crippen molar-refractivity contribution >= 4 is 18.5 Å². The molecule has 0 spiro atoms. The lowest BCUT2D eigenvalue weighted by Gasteiger charge is -2.42. The summed E-state index contributed by atoms with van der Waals surface area (Å²) in [6.07, 6.45) is 5.93. The Bertz CT molecular complexity index is 871. The van der Waals surface area contributed by atoms with Crippen LogP contribution in [-0.2, 0) is 25.8 Å². The zero-order chi connectivity index (χ0) is 20.7. The molecule has 0 bridgehead atoms. The zero-order valence-corrected chi connectivity index (χ0v) is 18.1. The van der Waals surface area contributed by atoms with E-state index in [1.165, 1.54) is 36.6 Å². The molecule has 0 saturated heterocycles. The van der Waals surface area contributed by atoms with Crippen LogP contribution < -0.4 is 0 Å². The second kappa shape index (κ2) is 6.98. The fraction of sp³-hybridized carbons (Fsp3) is 0.542. The SMILES string of the molecule is C=N/C(=N\C=C(/C)C(=O)OC)C1(c2ccc3c(c2)C(C)(C)CCC3(C)C)CC1. The van der Waals surface area contributed by atoms with Crippen molar-refractivity contribution < 1.29 is 9.53 Å². The van der Waals surface area contributed by atoms with E-state index in [0.717, 1.165) is 12.8 Å². The van der Waals surface area contributed by atoms with Gasteiger partial charge in [0.05, 0.1) is 18.1 Å². The number of amidine groups is 1.